The highest BCUT2D eigenvalue weighted by Gasteiger charge is 2.30. The fourth-order valence-corrected chi connectivity index (χ4v) is 3.16. The van der Waals surface area contributed by atoms with E-state index in [9.17, 15) is 14.7 Å². The van der Waals surface area contributed by atoms with Crippen LogP contribution in [0.25, 0.3) is 0 Å². The highest BCUT2D eigenvalue weighted by atomic mass is 32.1. The molecule has 1 aromatic heterocycles. The van der Waals surface area contributed by atoms with Gasteiger partial charge in [-0.05, 0) is 36.0 Å². The molecule has 22 heavy (non-hydrogen) atoms. The molecule has 6 heteroatoms. The van der Waals surface area contributed by atoms with Gasteiger partial charge < -0.3 is 9.84 Å². The SMILES string of the molecule is O=C(Nc1cc(C2CC2)c(C(=O)O)s1)OCc1ccccc1. The molecule has 1 aromatic carbocycles. The van der Waals surface area contributed by atoms with Crippen LogP contribution in [-0.2, 0) is 11.3 Å². The number of anilines is 1. The number of carbonyl (C=O) groups excluding carboxylic acids is 1. The first-order valence-corrected chi connectivity index (χ1v) is 7.80. The molecule has 0 radical (unpaired) electrons. The van der Waals surface area contributed by atoms with Crippen molar-refractivity contribution in [3.05, 3.63) is 52.4 Å². The molecule has 1 saturated carbocycles. The second-order valence-corrected chi connectivity index (χ2v) is 6.21. The van der Waals surface area contributed by atoms with Crippen LogP contribution in [-0.4, -0.2) is 17.2 Å². The summed E-state index contributed by atoms with van der Waals surface area (Å²) in [4.78, 5) is 23.3. The fraction of sp³-hybridized carbons (Fsp3) is 0.250. The van der Waals surface area contributed by atoms with Crippen LogP contribution < -0.4 is 5.32 Å². The van der Waals surface area contributed by atoms with E-state index in [2.05, 4.69) is 5.32 Å². The molecule has 0 unspecified atom stereocenters. The molecule has 1 aliphatic rings. The van der Waals surface area contributed by atoms with Crippen molar-refractivity contribution < 1.29 is 19.4 Å². The number of rotatable bonds is 5. The van der Waals surface area contributed by atoms with Crippen LogP contribution in [0.15, 0.2) is 36.4 Å². The molecule has 1 fully saturated rings. The van der Waals surface area contributed by atoms with Gasteiger partial charge in [-0.1, -0.05) is 30.3 Å². The topological polar surface area (TPSA) is 75.6 Å². The summed E-state index contributed by atoms with van der Waals surface area (Å²) in [7, 11) is 0. The highest BCUT2D eigenvalue weighted by molar-refractivity contribution is 7.18. The van der Waals surface area contributed by atoms with Crippen LogP contribution in [0, 0.1) is 0 Å². The maximum Gasteiger partial charge on any atom is 0.412 e. The summed E-state index contributed by atoms with van der Waals surface area (Å²) in [5.74, 6) is -0.629. The number of carboxylic acid groups (broad SMARTS) is 1. The van der Waals surface area contributed by atoms with Gasteiger partial charge in [-0.2, -0.15) is 0 Å². The molecule has 114 valence electrons. The third-order valence-corrected chi connectivity index (χ3v) is 4.46. The number of carbonyl (C=O) groups is 2. The quantitative estimate of drug-likeness (QED) is 0.871. The molecule has 0 atom stereocenters. The third kappa shape index (κ3) is 3.46. The summed E-state index contributed by atoms with van der Waals surface area (Å²) >= 11 is 1.07. The van der Waals surface area contributed by atoms with Crippen LogP contribution >= 0.6 is 11.3 Å². The second-order valence-electron chi connectivity index (χ2n) is 5.16. The lowest BCUT2D eigenvalue weighted by Gasteiger charge is -2.05. The number of carboxylic acids is 1. The van der Waals surface area contributed by atoms with Crippen molar-refractivity contribution >= 4 is 28.4 Å². The standard InChI is InChI=1S/C16H15NO4S/c18-15(19)14-12(11-6-7-11)8-13(22-14)17-16(20)21-9-10-4-2-1-3-5-10/h1-5,8,11H,6-7,9H2,(H,17,20)(H,18,19). The van der Waals surface area contributed by atoms with E-state index >= 15 is 0 Å². The lowest BCUT2D eigenvalue weighted by molar-refractivity contribution is 0.0701. The van der Waals surface area contributed by atoms with Crippen LogP contribution in [0.3, 0.4) is 0 Å². The van der Waals surface area contributed by atoms with Crippen molar-refractivity contribution in [3.8, 4) is 0 Å². The van der Waals surface area contributed by atoms with E-state index < -0.39 is 12.1 Å². The zero-order chi connectivity index (χ0) is 15.5. The lowest BCUT2D eigenvalue weighted by Crippen LogP contribution is -2.12. The first-order valence-electron chi connectivity index (χ1n) is 6.98. The van der Waals surface area contributed by atoms with Crippen LogP contribution in [0.5, 0.6) is 0 Å². The normalized spacial score (nSPS) is 13.6. The summed E-state index contributed by atoms with van der Waals surface area (Å²) in [5.41, 5.74) is 1.71. The molecular weight excluding hydrogens is 302 g/mol. The van der Waals surface area contributed by atoms with Gasteiger partial charge in [0.05, 0.1) is 5.00 Å². The van der Waals surface area contributed by atoms with Crippen molar-refractivity contribution in [1.82, 2.24) is 0 Å². The minimum absolute atomic E-state index is 0.180. The second kappa shape index (κ2) is 6.19. The monoisotopic (exact) mass is 317 g/mol. The summed E-state index contributed by atoms with van der Waals surface area (Å²) in [6.45, 7) is 0.180. The molecule has 0 saturated heterocycles. The molecule has 1 amide bonds. The van der Waals surface area contributed by atoms with E-state index in [0.717, 1.165) is 35.3 Å². The minimum atomic E-state index is -0.947. The molecule has 3 rings (SSSR count). The lowest BCUT2D eigenvalue weighted by atomic mass is 10.1. The maximum atomic E-state index is 11.8. The Hall–Kier alpha value is -2.34. The maximum absolute atomic E-state index is 11.8. The third-order valence-electron chi connectivity index (χ3n) is 3.41. The van der Waals surface area contributed by atoms with Crippen molar-refractivity contribution in [2.45, 2.75) is 25.4 Å². The van der Waals surface area contributed by atoms with Crippen molar-refractivity contribution in [1.29, 1.82) is 0 Å². The van der Waals surface area contributed by atoms with Gasteiger partial charge in [0, 0.05) is 0 Å². The average molecular weight is 317 g/mol. The van der Waals surface area contributed by atoms with E-state index in [1.807, 2.05) is 30.3 Å². The minimum Gasteiger partial charge on any atom is -0.477 e. The number of amides is 1. The van der Waals surface area contributed by atoms with Crippen molar-refractivity contribution in [2.75, 3.05) is 5.32 Å². The smallest absolute Gasteiger partial charge is 0.412 e. The van der Waals surface area contributed by atoms with E-state index in [0.29, 0.717) is 15.8 Å². The Kier molecular flexibility index (Phi) is 4.11. The highest BCUT2D eigenvalue weighted by Crippen LogP contribution is 2.45. The summed E-state index contributed by atoms with van der Waals surface area (Å²) < 4.78 is 5.13. The first-order chi connectivity index (χ1) is 10.6. The van der Waals surface area contributed by atoms with E-state index in [1.54, 1.807) is 6.07 Å². The Bertz CT molecular complexity index is 691. The van der Waals surface area contributed by atoms with Gasteiger partial charge >= 0.3 is 12.1 Å². The fourth-order valence-electron chi connectivity index (χ4n) is 2.19. The molecule has 0 spiro atoms. The number of hydrogen-bond acceptors (Lipinski definition) is 4. The largest absolute Gasteiger partial charge is 0.477 e. The molecule has 0 bridgehead atoms. The van der Waals surface area contributed by atoms with E-state index in [4.69, 9.17) is 4.74 Å². The molecular formula is C16H15NO4S. The van der Waals surface area contributed by atoms with Gasteiger partial charge in [-0.15, -0.1) is 11.3 Å². The van der Waals surface area contributed by atoms with Crippen LogP contribution in [0.4, 0.5) is 9.80 Å². The Morgan fingerprint density at radius 2 is 2.00 bits per heavy atom. The predicted octanol–water partition coefficient (Wildman–Crippen LogP) is 4.07. The van der Waals surface area contributed by atoms with Crippen molar-refractivity contribution in [2.24, 2.45) is 0 Å². The zero-order valence-electron chi connectivity index (χ0n) is 11.7. The average Bonchev–Trinajstić information content (AvgIpc) is 3.27. The summed E-state index contributed by atoms with van der Waals surface area (Å²) in [5, 5.41) is 12.3. The number of hydrogen-bond donors (Lipinski definition) is 2. The number of benzene rings is 1. The summed E-state index contributed by atoms with van der Waals surface area (Å²) in [6.07, 6.45) is 1.44. The molecule has 2 aromatic rings. The number of ether oxygens (including phenoxy) is 1. The van der Waals surface area contributed by atoms with Gasteiger partial charge in [0.25, 0.3) is 0 Å². The Balaban J connectivity index is 1.61. The Labute approximate surface area is 131 Å². The Morgan fingerprint density at radius 3 is 2.64 bits per heavy atom. The number of aromatic carboxylic acids is 1. The first kappa shape index (κ1) is 14.6. The van der Waals surface area contributed by atoms with Crippen LogP contribution in [0.2, 0.25) is 0 Å². The zero-order valence-corrected chi connectivity index (χ0v) is 12.6. The molecule has 2 N–H and O–H groups in total. The van der Waals surface area contributed by atoms with Gasteiger partial charge in [0.15, 0.2) is 0 Å². The van der Waals surface area contributed by atoms with Crippen molar-refractivity contribution in [3.63, 3.8) is 0 Å². The van der Waals surface area contributed by atoms with E-state index in [1.165, 1.54) is 0 Å². The van der Waals surface area contributed by atoms with Gasteiger partial charge in [0.2, 0.25) is 0 Å². The molecule has 1 aliphatic carbocycles. The number of nitrogens with one attached hydrogen (secondary N) is 1. The van der Waals surface area contributed by atoms with Gasteiger partial charge in [0.1, 0.15) is 11.5 Å². The molecule has 0 aliphatic heterocycles. The molecule has 5 nitrogen and oxygen atoms in total. The van der Waals surface area contributed by atoms with Gasteiger partial charge in [-0.25, -0.2) is 9.59 Å². The molecule has 1 heterocycles. The number of thiophene rings is 1. The van der Waals surface area contributed by atoms with Crippen LogP contribution in [0.1, 0.15) is 39.6 Å². The predicted molar refractivity (Wildman–Crippen MR) is 83.5 cm³/mol. The summed E-state index contributed by atoms with van der Waals surface area (Å²) in [6, 6.07) is 11.1. The van der Waals surface area contributed by atoms with E-state index in [-0.39, 0.29) is 6.61 Å². The Morgan fingerprint density at radius 1 is 1.27 bits per heavy atom. The van der Waals surface area contributed by atoms with Gasteiger partial charge in [-0.3, -0.25) is 5.32 Å².